The molecule has 0 heterocycles. The lowest BCUT2D eigenvalue weighted by Gasteiger charge is -2.09. The second-order valence-electron chi connectivity index (χ2n) is 4.73. The molecule has 0 saturated carbocycles. The SMILES string of the molecule is Cc1ccccc1CCNCCOc1cccc(Br)c1. The zero-order chi connectivity index (χ0) is 14.2. The molecule has 0 spiro atoms. The zero-order valence-corrected chi connectivity index (χ0v) is 13.3. The van der Waals surface area contributed by atoms with E-state index >= 15 is 0 Å². The van der Waals surface area contributed by atoms with Crippen molar-refractivity contribution in [3.63, 3.8) is 0 Å². The molecule has 0 radical (unpaired) electrons. The molecule has 0 aliphatic carbocycles. The third-order valence-electron chi connectivity index (χ3n) is 3.18. The first-order valence-electron chi connectivity index (χ1n) is 6.89. The highest BCUT2D eigenvalue weighted by Crippen LogP contribution is 2.17. The summed E-state index contributed by atoms with van der Waals surface area (Å²) in [7, 11) is 0. The maximum absolute atomic E-state index is 5.67. The minimum atomic E-state index is 0.685. The van der Waals surface area contributed by atoms with Gasteiger partial charge in [0.25, 0.3) is 0 Å². The van der Waals surface area contributed by atoms with Crippen LogP contribution in [0.1, 0.15) is 11.1 Å². The van der Waals surface area contributed by atoms with Crippen LogP contribution >= 0.6 is 15.9 Å². The summed E-state index contributed by atoms with van der Waals surface area (Å²) in [5, 5.41) is 3.41. The Kier molecular flexibility index (Phi) is 6.09. The number of hydrogen-bond donors (Lipinski definition) is 1. The maximum Gasteiger partial charge on any atom is 0.120 e. The summed E-state index contributed by atoms with van der Waals surface area (Å²) in [5.41, 5.74) is 2.77. The molecule has 0 bridgehead atoms. The van der Waals surface area contributed by atoms with Crippen LogP contribution in [0, 0.1) is 6.92 Å². The van der Waals surface area contributed by atoms with E-state index in [-0.39, 0.29) is 0 Å². The third kappa shape index (κ3) is 4.99. The number of nitrogens with one attached hydrogen (secondary N) is 1. The molecule has 20 heavy (non-hydrogen) atoms. The van der Waals surface area contributed by atoms with Gasteiger partial charge in [-0.1, -0.05) is 46.3 Å². The van der Waals surface area contributed by atoms with Gasteiger partial charge in [-0.2, -0.15) is 0 Å². The molecule has 0 saturated heterocycles. The molecule has 2 aromatic carbocycles. The summed E-state index contributed by atoms with van der Waals surface area (Å²) in [4.78, 5) is 0. The van der Waals surface area contributed by atoms with Crippen LogP contribution in [0.2, 0.25) is 0 Å². The Labute approximate surface area is 129 Å². The molecular formula is C17H20BrNO. The standard InChI is InChI=1S/C17H20BrNO/c1-14-5-2-3-6-15(14)9-10-19-11-12-20-17-8-4-7-16(18)13-17/h2-8,13,19H,9-12H2,1H3. The molecule has 2 aromatic rings. The topological polar surface area (TPSA) is 21.3 Å². The predicted octanol–water partition coefficient (Wildman–Crippen LogP) is 3.97. The van der Waals surface area contributed by atoms with Gasteiger partial charge < -0.3 is 10.1 Å². The van der Waals surface area contributed by atoms with E-state index in [0.717, 1.165) is 29.7 Å². The van der Waals surface area contributed by atoms with Gasteiger partial charge in [-0.15, -0.1) is 0 Å². The van der Waals surface area contributed by atoms with Crippen molar-refractivity contribution in [3.8, 4) is 5.75 Å². The molecule has 2 nitrogen and oxygen atoms in total. The number of aryl methyl sites for hydroxylation is 1. The fraction of sp³-hybridized carbons (Fsp3) is 0.294. The van der Waals surface area contributed by atoms with Crippen LogP contribution < -0.4 is 10.1 Å². The van der Waals surface area contributed by atoms with E-state index in [4.69, 9.17) is 4.74 Å². The Balaban J connectivity index is 1.61. The highest BCUT2D eigenvalue weighted by Gasteiger charge is 1.97. The number of ether oxygens (including phenoxy) is 1. The first-order valence-corrected chi connectivity index (χ1v) is 7.68. The van der Waals surface area contributed by atoms with E-state index < -0.39 is 0 Å². The zero-order valence-electron chi connectivity index (χ0n) is 11.7. The molecule has 1 N–H and O–H groups in total. The Morgan fingerprint density at radius 2 is 1.90 bits per heavy atom. The van der Waals surface area contributed by atoms with Crippen molar-refractivity contribution in [2.75, 3.05) is 19.7 Å². The van der Waals surface area contributed by atoms with Gasteiger partial charge in [0.2, 0.25) is 0 Å². The molecule has 0 fully saturated rings. The van der Waals surface area contributed by atoms with Gasteiger partial charge in [0.15, 0.2) is 0 Å². The Bertz CT molecular complexity index is 542. The fourth-order valence-electron chi connectivity index (χ4n) is 2.04. The van der Waals surface area contributed by atoms with E-state index in [1.807, 2.05) is 24.3 Å². The Morgan fingerprint density at radius 3 is 2.70 bits per heavy atom. The second-order valence-corrected chi connectivity index (χ2v) is 5.65. The largest absolute Gasteiger partial charge is 0.492 e. The molecule has 106 valence electrons. The monoisotopic (exact) mass is 333 g/mol. The average Bonchev–Trinajstić information content (AvgIpc) is 2.44. The van der Waals surface area contributed by atoms with Gasteiger partial charge in [-0.25, -0.2) is 0 Å². The Morgan fingerprint density at radius 1 is 1.05 bits per heavy atom. The molecular weight excluding hydrogens is 314 g/mol. The lowest BCUT2D eigenvalue weighted by molar-refractivity contribution is 0.314. The molecule has 0 aliphatic rings. The van der Waals surface area contributed by atoms with E-state index in [1.165, 1.54) is 11.1 Å². The first-order chi connectivity index (χ1) is 9.75. The minimum Gasteiger partial charge on any atom is -0.492 e. The highest BCUT2D eigenvalue weighted by molar-refractivity contribution is 9.10. The highest BCUT2D eigenvalue weighted by atomic mass is 79.9. The van der Waals surface area contributed by atoms with Crippen molar-refractivity contribution in [1.29, 1.82) is 0 Å². The molecule has 0 unspecified atom stereocenters. The van der Waals surface area contributed by atoms with Crippen LogP contribution in [0.5, 0.6) is 5.75 Å². The summed E-state index contributed by atoms with van der Waals surface area (Å²) in [5.74, 6) is 0.903. The first kappa shape index (κ1) is 15.1. The van der Waals surface area contributed by atoms with Crippen molar-refractivity contribution in [3.05, 3.63) is 64.1 Å². The summed E-state index contributed by atoms with van der Waals surface area (Å²) in [6.45, 7) is 4.68. The van der Waals surface area contributed by atoms with Crippen LogP contribution in [0.3, 0.4) is 0 Å². The van der Waals surface area contributed by atoms with Crippen LogP contribution in [-0.4, -0.2) is 19.7 Å². The second kappa shape index (κ2) is 8.08. The van der Waals surface area contributed by atoms with Gasteiger partial charge in [0.05, 0.1) is 0 Å². The van der Waals surface area contributed by atoms with Crippen molar-refractivity contribution in [2.45, 2.75) is 13.3 Å². The smallest absolute Gasteiger partial charge is 0.120 e. The number of rotatable bonds is 7. The average molecular weight is 334 g/mol. The van der Waals surface area contributed by atoms with Crippen LogP contribution in [0.25, 0.3) is 0 Å². The molecule has 0 amide bonds. The lowest BCUT2D eigenvalue weighted by Crippen LogP contribution is -2.23. The number of halogens is 1. The molecule has 0 atom stereocenters. The van der Waals surface area contributed by atoms with Gasteiger partial charge in [0.1, 0.15) is 12.4 Å². The van der Waals surface area contributed by atoms with Gasteiger partial charge >= 0.3 is 0 Å². The summed E-state index contributed by atoms with van der Waals surface area (Å²) >= 11 is 3.43. The lowest BCUT2D eigenvalue weighted by atomic mass is 10.1. The molecule has 0 aliphatic heterocycles. The molecule has 3 heteroatoms. The molecule has 2 rings (SSSR count). The van der Waals surface area contributed by atoms with Crippen LogP contribution in [0.4, 0.5) is 0 Å². The van der Waals surface area contributed by atoms with Crippen LogP contribution in [0.15, 0.2) is 53.0 Å². The normalized spacial score (nSPS) is 10.5. The maximum atomic E-state index is 5.67. The van der Waals surface area contributed by atoms with E-state index in [9.17, 15) is 0 Å². The van der Waals surface area contributed by atoms with Gasteiger partial charge in [-0.3, -0.25) is 0 Å². The predicted molar refractivity (Wildman–Crippen MR) is 87.4 cm³/mol. The summed E-state index contributed by atoms with van der Waals surface area (Å²) in [6.07, 6.45) is 1.06. The van der Waals surface area contributed by atoms with E-state index in [1.54, 1.807) is 0 Å². The van der Waals surface area contributed by atoms with Crippen LogP contribution in [-0.2, 0) is 6.42 Å². The van der Waals surface area contributed by atoms with E-state index in [0.29, 0.717) is 6.61 Å². The number of hydrogen-bond acceptors (Lipinski definition) is 2. The fourth-order valence-corrected chi connectivity index (χ4v) is 2.41. The minimum absolute atomic E-state index is 0.685. The molecule has 0 aromatic heterocycles. The van der Waals surface area contributed by atoms with Gasteiger partial charge in [-0.05, 0) is 49.2 Å². The van der Waals surface area contributed by atoms with Crippen molar-refractivity contribution in [1.82, 2.24) is 5.32 Å². The Hall–Kier alpha value is -1.32. The number of benzene rings is 2. The van der Waals surface area contributed by atoms with Gasteiger partial charge in [0, 0.05) is 11.0 Å². The summed E-state index contributed by atoms with van der Waals surface area (Å²) in [6, 6.07) is 16.4. The quantitative estimate of drug-likeness (QED) is 0.774. The van der Waals surface area contributed by atoms with Crippen molar-refractivity contribution in [2.24, 2.45) is 0 Å². The summed E-state index contributed by atoms with van der Waals surface area (Å²) < 4.78 is 6.71. The van der Waals surface area contributed by atoms with Crippen molar-refractivity contribution < 1.29 is 4.74 Å². The third-order valence-corrected chi connectivity index (χ3v) is 3.67. The van der Waals surface area contributed by atoms with E-state index in [2.05, 4.69) is 52.4 Å². The van der Waals surface area contributed by atoms with Crippen molar-refractivity contribution >= 4 is 15.9 Å².